The molecule has 82 valence electrons. The SMILES string of the molecule is C=C(C)C(NCC)C1CCC(CC)C1. The first-order chi connectivity index (χ1) is 6.69. The van der Waals surface area contributed by atoms with Gasteiger partial charge in [0.1, 0.15) is 0 Å². The average molecular weight is 195 g/mol. The lowest BCUT2D eigenvalue weighted by Crippen LogP contribution is -2.35. The van der Waals surface area contributed by atoms with Gasteiger partial charge < -0.3 is 5.32 Å². The van der Waals surface area contributed by atoms with Crippen LogP contribution in [0, 0.1) is 11.8 Å². The normalized spacial score (nSPS) is 29.1. The molecule has 0 aromatic carbocycles. The fourth-order valence-electron chi connectivity index (χ4n) is 2.75. The van der Waals surface area contributed by atoms with Gasteiger partial charge >= 0.3 is 0 Å². The zero-order valence-electron chi connectivity index (χ0n) is 9.97. The van der Waals surface area contributed by atoms with Gasteiger partial charge in [-0.05, 0) is 38.1 Å². The molecule has 1 N–H and O–H groups in total. The highest BCUT2D eigenvalue weighted by Gasteiger charge is 2.29. The Balaban J connectivity index is 2.48. The van der Waals surface area contributed by atoms with Crippen LogP contribution < -0.4 is 5.32 Å². The van der Waals surface area contributed by atoms with Crippen LogP contribution in [-0.4, -0.2) is 12.6 Å². The number of hydrogen-bond acceptors (Lipinski definition) is 1. The first-order valence-electron chi connectivity index (χ1n) is 6.07. The standard InChI is InChI=1S/C13H25N/c1-5-11-7-8-12(9-11)13(10(3)4)14-6-2/h11-14H,3,5-9H2,1-2,4H3. The van der Waals surface area contributed by atoms with E-state index in [9.17, 15) is 0 Å². The van der Waals surface area contributed by atoms with Crippen LogP contribution >= 0.6 is 0 Å². The van der Waals surface area contributed by atoms with E-state index in [1.807, 2.05) is 0 Å². The van der Waals surface area contributed by atoms with E-state index < -0.39 is 0 Å². The lowest BCUT2D eigenvalue weighted by Gasteiger charge is -2.25. The molecule has 3 unspecified atom stereocenters. The Hall–Kier alpha value is -0.300. The minimum absolute atomic E-state index is 0.566. The molecule has 0 bridgehead atoms. The molecule has 1 fully saturated rings. The third-order valence-corrected chi connectivity index (χ3v) is 3.59. The molecule has 1 saturated carbocycles. The lowest BCUT2D eigenvalue weighted by molar-refractivity contribution is 0.388. The summed E-state index contributed by atoms with van der Waals surface area (Å²) in [6.07, 6.45) is 5.58. The van der Waals surface area contributed by atoms with Gasteiger partial charge in [-0.1, -0.05) is 38.8 Å². The van der Waals surface area contributed by atoms with Crippen molar-refractivity contribution in [1.29, 1.82) is 0 Å². The van der Waals surface area contributed by atoms with Gasteiger partial charge in [0.2, 0.25) is 0 Å². The summed E-state index contributed by atoms with van der Waals surface area (Å²) in [5.41, 5.74) is 1.31. The van der Waals surface area contributed by atoms with Crippen LogP contribution in [0.4, 0.5) is 0 Å². The Kier molecular flexibility index (Phi) is 4.67. The van der Waals surface area contributed by atoms with Gasteiger partial charge in [-0.2, -0.15) is 0 Å². The minimum atomic E-state index is 0.566. The minimum Gasteiger partial charge on any atom is -0.310 e. The second-order valence-electron chi connectivity index (χ2n) is 4.73. The highest BCUT2D eigenvalue weighted by Crippen LogP contribution is 2.36. The van der Waals surface area contributed by atoms with E-state index in [4.69, 9.17) is 0 Å². The van der Waals surface area contributed by atoms with Gasteiger partial charge in [0.15, 0.2) is 0 Å². The van der Waals surface area contributed by atoms with Crippen LogP contribution in [0.3, 0.4) is 0 Å². The molecule has 0 aliphatic heterocycles. The average Bonchev–Trinajstić information content (AvgIpc) is 2.61. The predicted molar refractivity (Wildman–Crippen MR) is 63.4 cm³/mol. The largest absolute Gasteiger partial charge is 0.310 e. The summed E-state index contributed by atoms with van der Waals surface area (Å²) >= 11 is 0. The van der Waals surface area contributed by atoms with E-state index in [0.717, 1.165) is 18.4 Å². The maximum absolute atomic E-state index is 4.11. The molecule has 1 rings (SSSR count). The van der Waals surface area contributed by atoms with Crippen molar-refractivity contribution >= 4 is 0 Å². The molecule has 1 aliphatic carbocycles. The van der Waals surface area contributed by atoms with Crippen molar-refractivity contribution in [2.24, 2.45) is 11.8 Å². The summed E-state index contributed by atoms with van der Waals surface area (Å²) in [6.45, 7) is 11.8. The highest BCUT2D eigenvalue weighted by molar-refractivity contribution is 5.05. The second kappa shape index (κ2) is 5.55. The van der Waals surface area contributed by atoms with Crippen molar-refractivity contribution in [3.63, 3.8) is 0 Å². The fraction of sp³-hybridized carbons (Fsp3) is 0.846. The third-order valence-electron chi connectivity index (χ3n) is 3.59. The summed E-state index contributed by atoms with van der Waals surface area (Å²) in [6, 6.07) is 0.566. The lowest BCUT2D eigenvalue weighted by atomic mass is 9.91. The molecular weight excluding hydrogens is 170 g/mol. The Morgan fingerprint density at radius 3 is 2.57 bits per heavy atom. The smallest absolute Gasteiger partial charge is 0.0302 e. The molecular formula is C13H25N. The van der Waals surface area contributed by atoms with Gasteiger partial charge in [-0.25, -0.2) is 0 Å². The van der Waals surface area contributed by atoms with Crippen molar-refractivity contribution in [2.45, 2.75) is 52.5 Å². The van der Waals surface area contributed by atoms with E-state index in [1.54, 1.807) is 0 Å². The molecule has 14 heavy (non-hydrogen) atoms. The number of hydrogen-bond donors (Lipinski definition) is 1. The van der Waals surface area contributed by atoms with Crippen LogP contribution in [0.2, 0.25) is 0 Å². The predicted octanol–water partition coefficient (Wildman–Crippen LogP) is 3.37. The summed E-state index contributed by atoms with van der Waals surface area (Å²) in [4.78, 5) is 0. The highest BCUT2D eigenvalue weighted by atomic mass is 14.9. The molecule has 0 aromatic heterocycles. The van der Waals surface area contributed by atoms with Gasteiger partial charge in [-0.15, -0.1) is 0 Å². The Labute approximate surface area is 89.0 Å². The quantitative estimate of drug-likeness (QED) is 0.663. The molecule has 0 aromatic rings. The monoisotopic (exact) mass is 195 g/mol. The Morgan fingerprint density at radius 1 is 1.43 bits per heavy atom. The van der Waals surface area contributed by atoms with Crippen molar-refractivity contribution in [2.75, 3.05) is 6.54 Å². The molecule has 1 heteroatoms. The van der Waals surface area contributed by atoms with Crippen molar-refractivity contribution in [3.8, 4) is 0 Å². The first-order valence-corrected chi connectivity index (χ1v) is 6.07. The summed E-state index contributed by atoms with van der Waals surface area (Å²) in [7, 11) is 0. The van der Waals surface area contributed by atoms with Gasteiger partial charge in [0.25, 0.3) is 0 Å². The van der Waals surface area contributed by atoms with Crippen molar-refractivity contribution < 1.29 is 0 Å². The number of rotatable bonds is 5. The summed E-state index contributed by atoms with van der Waals surface area (Å²) < 4.78 is 0. The Bertz CT molecular complexity index is 186. The van der Waals surface area contributed by atoms with Gasteiger partial charge in [-0.3, -0.25) is 0 Å². The van der Waals surface area contributed by atoms with E-state index in [1.165, 1.54) is 31.3 Å². The molecule has 0 amide bonds. The first kappa shape index (κ1) is 11.8. The zero-order valence-corrected chi connectivity index (χ0v) is 9.97. The fourth-order valence-corrected chi connectivity index (χ4v) is 2.75. The van der Waals surface area contributed by atoms with Crippen molar-refractivity contribution in [1.82, 2.24) is 5.32 Å². The molecule has 0 spiro atoms. The van der Waals surface area contributed by atoms with Crippen LogP contribution in [0.5, 0.6) is 0 Å². The van der Waals surface area contributed by atoms with Gasteiger partial charge in [0.05, 0.1) is 0 Å². The molecule has 0 heterocycles. The Morgan fingerprint density at radius 2 is 2.14 bits per heavy atom. The van der Waals surface area contributed by atoms with E-state index in [2.05, 4.69) is 32.7 Å². The number of likely N-dealkylation sites (N-methyl/N-ethyl adjacent to an activating group) is 1. The van der Waals surface area contributed by atoms with Crippen LogP contribution in [0.1, 0.15) is 46.5 Å². The van der Waals surface area contributed by atoms with E-state index in [-0.39, 0.29) is 0 Å². The molecule has 0 radical (unpaired) electrons. The number of nitrogens with one attached hydrogen (secondary N) is 1. The molecule has 3 atom stereocenters. The van der Waals surface area contributed by atoms with Gasteiger partial charge in [0, 0.05) is 6.04 Å². The molecule has 1 nitrogen and oxygen atoms in total. The topological polar surface area (TPSA) is 12.0 Å². The van der Waals surface area contributed by atoms with Crippen LogP contribution in [0.15, 0.2) is 12.2 Å². The second-order valence-corrected chi connectivity index (χ2v) is 4.73. The van der Waals surface area contributed by atoms with Crippen molar-refractivity contribution in [3.05, 3.63) is 12.2 Å². The van der Waals surface area contributed by atoms with E-state index >= 15 is 0 Å². The van der Waals surface area contributed by atoms with Crippen LogP contribution in [-0.2, 0) is 0 Å². The zero-order chi connectivity index (χ0) is 10.6. The third kappa shape index (κ3) is 2.84. The molecule has 1 aliphatic rings. The van der Waals surface area contributed by atoms with E-state index in [0.29, 0.717) is 6.04 Å². The maximum Gasteiger partial charge on any atom is 0.0302 e. The summed E-state index contributed by atoms with van der Waals surface area (Å²) in [5, 5.41) is 3.57. The molecule has 0 saturated heterocycles. The maximum atomic E-state index is 4.11. The summed E-state index contributed by atoms with van der Waals surface area (Å²) in [5.74, 6) is 1.82. The van der Waals surface area contributed by atoms with Crippen LogP contribution in [0.25, 0.3) is 0 Å².